The van der Waals surface area contributed by atoms with Crippen molar-refractivity contribution in [2.45, 2.75) is 44.9 Å². The van der Waals surface area contributed by atoms with Gasteiger partial charge in [-0.3, -0.25) is 0 Å². The molecule has 0 aromatic heterocycles. The molecule has 1 rings (SSSR count). The molecule has 0 saturated heterocycles. The Morgan fingerprint density at radius 2 is 1.95 bits per heavy atom. The van der Waals surface area contributed by atoms with Gasteiger partial charge in [0.15, 0.2) is 0 Å². The zero-order valence-electron chi connectivity index (χ0n) is 12.5. The lowest BCUT2D eigenvalue weighted by atomic mass is 9.86. The first-order valence-corrected chi connectivity index (χ1v) is 7.45. The van der Waals surface area contributed by atoms with Gasteiger partial charge in [0.1, 0.15) is 18.5 Å². The molecule has 1 aromatic carbocycles. The molecule has 0 aliphatic heterocycles. The van der Waals surface area contributed by atoms with Crippen LogP contribution in [0.4, 0.5) is 0 Å². The fourth-order valence-corrected chi connectivity index (χ4v) is 1.78. The van der Waals surface area contributed by atoms with Crippen molar-refractivity contribution in [2.75, 3.05) is 13.2 Å². The normalized spacial score (nSPS) is 14.2. The highest BCUT2D eigenvalue weighted by atomic mass is 79.9. The Kier molecular flexibility index (Phi) is 6.01. The number of rotatable bonds is 7. The number of halogens is 1. The minimum absolute atomic E-state index is 0.200. The van der Waals surface area contributed by atoms with E-state index >= 15 is 0 Å². The van der Waals surface area contributed by atoms with Crippen LogP contribution in [-0.2, 0) is 0 Å². The van der Waals surface area contributed by atoms with E-state index in [4.69, 9.17) is 4.74 Å². The quantitative estimate of drug-likeness (QED) is 0.709. The summed E-state index contributed by atoms with van der Waals surface area (Å²) in [7, 11) is 0. The van der Waals surface area contributed by atoms with E-state index in [1.165, 1.54) is 0 Å². The van der Waals surface area contributed by atoms with Crippen LogP contribution < -0.4 is 10.1 Å². The molecule has 0 aliphatic carbocycles. The highest BCUT2D eigenvalue weighted by Crippen LogP contribution is 2.20. The third-order valence-electron chi connectivity index (χ3n) is 3.55. The molecule has 0 saturated carbocycles. The summed E-state index contributed by atoms with van der Waals surface area (Å²) in [6.07, 6.45) is -0.643. The van der Waals surface area contributed by atoms with Crippen molar-refractivity contribution in [2.24, 2.45) is 0 Å². The highest BCUT2D eigenvalue weighted by molar-refractivity contribution is 9.10. The Bertz CT molecular complexity index is 429. The number of ether oxygens (including phenoxy) is 1. The van der Waals surface area contributed by atoms with Crippen LogP contribution in [-0.4, -0.2) is 40.6 Å². The molecule has 1 unspecified atom stereocenters. The second kappa shape index (κ2) is 6.89. The molecule has 114 valence electrons. The molecular weight excluding hydrogens is 322 g/mol. The van der Waals surface area contributed by atoms with Crippen molar-refractivity contribution in [1.29, 1.82) is 0 Å². The van der Waals surface area contributed by atoms with Gasteiger partial charge in [-0.2, -0.15) is 0 Å². The maximum atomic E-state index is 10.0. The molecule has 1 aromatic rings. The predicted molar refractivity (Wildman–Crippen MR) is 84.0 cm³/mol. The zero-order valence-corrected chi connectivity index (χ0v) is 14.1. The number of β-amino-alcohol motifs (C(OH)–C–C–N with tert-alkyl or cyclic N) is 1. The lowest BCUT2D eigenvalue weighted by Crippen LogP contribution is -2.57. The number of aliphatic hydroxyl groups excluding tert-OH is 1. The van der Waals surface area contributed by atoms with Crippen molar-refractivity contribution < 1.29 is 14.9 Å². The lowest BCUT2D eigenvalue weighted by molar-refractivity contribution is -0.0120. The van der Waals surface area contributed by atoms with Crippen LogP contribution >= 0.6 is 15.9 Å². The van der Waals surface area contributed by atoms with E-state index in [0.717, 1.165) is 4.47 Å². The minimum atomic E-state index is -0.877. The van der Waals surface area contributed by atoms with Crippen LogP contribution in [0.5, 0.6) is 5.75 Å². The van der Waals surface area contributed by atoms with E-state index in [2.05, 4.69) is 21.2 Å². The van der Waals surface area contributed by atoms with Crippen LogP contribution in [0.15, 0.2) is 28.7 Å². The summed E-state index contributed by atoms with van der Waals surface area (Å²) in [4.78, 5) is 0. The Morgan fingerprint density at radius 1 is 1.30 bits per heavy atom. The maximum Gasteiger partial charge on any atom is 0.120 e. The van der Waals surface area contributed by atoms with E-state index in [0.29, 0.717) is 12.3 Å². The van der Waals surface area contributed by atoms with Gasteiger partial charge in [0.2, 0.25) is 0 Å². The van der Waals surface area contributed by atoms with Crippen molar-refractivity contribution in [3.05, 3.63) is 28.7 Å². The Hall–Kier alpha value is -0.620. The van der Waals surface area contributed by atoms with Crippen LogP contribution in [0.3, 0.4) is 0 Å². The summed E-state index contributed by atoms with van der Waals surface area (Å²) in [5, 5.41) is 23.1. The Balaban J connectivity index is 2.39. The highest BCUT2D eigenvalue weighted by Gasteiger charge is 2.34. The number of hydrogen-bond acceptors (Lipinski definition) is 4. The molecule has 0 heterocycles. The Labute approximate surface area is 129 Å². The Morgan fingerprint density at radius 3 is 2.50 bits per heavy atom. The van der Waals surface area contributed by atoms with Gasteiger partial charge in [0, 0.05) is 16.6 Å². The summed E-state index contributed by atoms with van der Waals surface area (Å²) in [5.74, 6) is 0.708. The van der Waals surface area contributed by atoms with Crippen molar-refractivity contribution >= 4 is 15.9 Å². The van der Waals surface area contributed by atoms with Crippen molar-refractivity contribution in [3.8, 4) is 5.75 Å². The molecule has 0 amide bonds. The molecule has 1 atom stereocenters. The van der Waals surface area contributed by atoms with Crippen molar-refractivity contribution in [1.82, 2.24) is 5.32 Å². The third-order valence-corrected chi connectivity index (χ3v) is 4.04. The summed E-state index contributed by atoms with van der Waals surface area (Å²) in [5.41, 5.74) is -1.37. The number of aliphatic hydroxyl groups is 2. The fraction of sp³-hybridized carbons (Fsp3) is 0.600. The monoisotopic (exact) mass is 345 g/mol. The topological polar surface area (TPSA) is 61.7 Å². The average molecular weight is 346 g/mol. The molecule has 0 radical (unpaired) electrons. The molecule has 3 N–H and O–H groups in total. The first kappa shape index (κ1) is 17.4. The maximum absolute atomic E-state index is 10.0. The number of hydrogen-bond donors (Lipinski definition) is 3. The van der Waals surface area contributed by atoms with Gasteiger partial charge in [-0.15, -0.1) is 0 Å². The van der Waals surface area contributed by atoms with E-state index in [-0.39, 0.29) is 6.61 Å². The summed E-state index contributed by atoms with van der Waals surface area (Å²) >= 11 is 3.37. The SMILES string of the molecule is CC(C)(O)C(C)(C)NCC(O)COc1cccc(Br)c1. The standard InChI is InChI=1S/C15H24BrNO3/c1-14(2,15(3,4)19)17-9-12(18)10-20-13-7-5-6-11(16)8-13/h5-8,12,17-19H,9-10H2,1-4H3. The number of benzene rings is 1. The van der Waals surface area contributed by atoms with Crippen LogP contribution in [0, 0.1) is 0 Å². The fourth-order valence-electron chi connectivity index (χ4n) is 1.40. The lowest BCUT2D eigenvalue weighted by Gasteiger charge is -2.38. The summed E-state index contributed by atoms with van der Waals surface area (Å²) < 4.78 is 6.45. The first-order chi connectivity index (χ1) is 9.12. The van der Waals surface area contributed by atoms with E-state index in [1.807, 2.05) is 38.1 Å². The second-order valence-corrected chi connectivity index (χ2v) is 6.90. The van der Waals surface area contributed by atoms with Crippen LogP contribution in [0.1, 0.15) is 27.7 Å². The number of nitrogens with one attached hydrogen (secondary N) is 1. The molecule has 20 heavy (non-hydrogen) atoms. The smallest absolute Gasteiger partial charge is 0.120 e. The van der Waals surface area contributed by atoms with Gasteiger partial charge in [-0.25, -0.2) is 0 Å². The van der Waals surface area contributed by atoms with Crippen LogP contribution in [0.25, 0.3) is 0 Å². The van der Waals surface area contributed by atoms with Gasteiger partial charge in [0.05, 0.1) is 5.60 Å². The van der Waals surface area contributed by atoms with Gasteiger partial charge >= 0.3 is 0 Å². The van der Waals surface area contributed by atoms with Gasteiger partial charge in [-0.05, 0) is 45.9 Å². The first-order valence-electron chi connectivity index (χ1n) is 6.66. The molecule has 0 bridgehead atoms. The van der Waals surface area contributed by atoms with E-state index in [9.17, 15) is 10.2 Å². The third kappa shape index (κ3) is 5.40. The van der Waals surface area contributed by atoms with Gasteiger partial charge in [-0.1, -0.05) is 22.0 Å². The average Bonchev–Trinajstić information content (AvgIpc) is 2.33. The molecular formula is C15H24BrNO3. The minimum Gasteiger partial charge on any atom is -0.491 e. The summed E-state index contributed by atoms with van der Waals surface area (Å²) in [6.45, 7) is 7.83. The predicted octanol–water partition coefficient (Wildman–Crippen LogP) is 2.33. The molecule has 0 aliphatic rings. The second-order valence-electron chi connectivity index (χ2n) is 5.99. The summed E-state index contributed by atoms with van der Waals surface area (Å²) in [6, 6.07) is 7.48. The van der Waals surface area contributed by atoms with E-state index < -0.39 is 17.2 Å². The molecule has 4 nitrogen and oxygen atoms in total. The van der Waals surface area contributed by atoms with Crippen molar-refractivity contribution in [3.63, 3.8) is 0 Å². The van der Waals surface area contributed by atoms with Crippen LogP contribution in [0.2, 0.25) is 0 Å². The largest absolute Gasteiger partial charge is 0.491 e. The molecule has 0 spiro atoms. The van der Waals surface area contributed by atoms with E-state index in [1.54, 1.807) is 13.8 Å². The molecule has 5 heteroatoms. The van der Waals surface area contributed by atoms with Gasteiger partial charge < -0.3 is 20.3 Å². The molecule has 0 fully saturated rings. The zero-order chi connectivity index (χ0) is 15.4. The van der Waals surface area contributed by atoms with Gasteiger partial charge in [0.25, 0.3) is 0 Å².